The van der Waals surface area contributed by atoms with Crippen LogP contribution >= 0.6 is 11.6 Å². The van der Waals surface area contributed by atoms with E-state index < -0.39 is 5.60 Å². The normalized spacial score (nSPS) is 12.2. The second-order valence-corrected chi connectivity index (χ2v) is 8.19. The lowest BCUT2D eigenvalue weighted by atomic mass is 9.79. The van der Waals surface area contributed by atoms with Crippen LogP contribution in [0.3, 0.4) is 0 Å². The molecule has 0 bridgehead atoms. The second kappa shape index (κ2) is 8.06. The third kappa shape index (κ3) is 3.47. The standard InChI is InChI=1S/C23H28ClN3O/c1-6-27-21(18-7-9-19(24)10-8-18)20(17-11-13-25-14-12-17)26-22(27)23(28,15(2)3)16(4)5/h7-16,28H,6H2,1-5H3. The molecule has 0 unspecified atom stereocenters. The molecule has 0 fully saturated rings. The van der Waals surface area contributed by atoms with E-state index in [-0.39, 0.29) is 11.8 Å². The van der Waals surface area contributed by atoms with Crippen LogP contribution in [0.5, 0.6) is 0 Å². The molecule has 0 saturated carbocycles. The summed E-state index contributed by atoms with van der Waals surface area (Å²) in [5, 5.41) is 12.4. The predicted octanol–water partition coefficient (Wildman–Crippen LogP) is 5.79. The summed E-state index contributed by atoms with van der Waals surface area (Å²) in [6, 6.07) is 11.7. The molecule has 0 radical (unpaired) electrons. The van der Waals surface area contributed by atoms with Crippen LogP contribution in [0.15, 0.2) is 48.8 Å². The summed E-state index contributed by atoms with van der Waals surface area (Å²) in [7, 11) is 0. The van der Waals surface area contributed by atoms with E-state index in [4.69, 9.17) is 16.6 Å². The quantitative estimate of drug-likeness (QED) is 0.573. The number of rotatable bonds is 6. The van der Waals surface area contributed by atoms with Crippen molar-refractivity contribution in [3.8, 4) is 22.5 Å². The Bertz CT molecular complexity index is 922. The van der Waals surface area contributed by atoms with Crippen molar-refractivity contribution in [3.63, 3.8) is 0 Å². The molecule has 2 heterocycles. The number of halogens is 1. The first-order chi connectivity index (χ1) is 13.3. The first-order valence-electron chi connectivity index (χ1n) is 9.80. The van der Waals surface area contributed by atoms with E-state index in [9.17, 15) is 5.11 Å². The molecule has 0 aliphatic carbocycles. The summed E-state index contributed by atoms with van der Waals surface area (Å²) in [6.07, 6.45) is 3.53. The second-order valence-electron chi connectivity index (χ2n) is 7.75. The summed E-state index contributed by atoms with van der Waals surface area (Å²) >= 11 is 6.12. The topological polar surface area (TPSA) is 50.9 Å². The first kappa shape index (κ1) is 20.6. The van der Waals surface area contributed by atoms with Gasteiger partial charge in [0, 0.05) is 35.1 Å². The highest BCUT2D eigenvalue weighted by molar-refractivity contribution is 6.30. The molecule has 0 spiro atoms. The fraction of sp³-hybridized carbons (Fsp3) is 0.391. The van der Waals surface area contributed by atoms with Gasteiger partial charge in [-0.25, -0.2) is 4.98 Å². The van der Waals surface area contributed by atoms with Gasteiger partial charge in [-0.1, -0.05) is 51.4 Å². The molecule has 1 aromatic carbocycles. The average molecular weight is 398 g/mol. The van der Waals surface area contributed by atoms with Gasteiger partial charge in [-0.15, -0.1) is 0 Å². The zero-order valence-corrected chi connectivity index (χ0v) is 17.9. The van der Waals surface area contributed by atoms with Gasteiger partial charge in [0.25, 0.3) is 0 Å². The zero-order chi connectivity index (χ0) is 20.5. The molecule has 0 aliphatic heterocycles. The van der Waals surface area contributed by atoms with E-state index in [1.807, 2.05) is 64.1 Å². The Labute approximate surface area is 172 Å². The Morgan fingerprint density at radius 3 is 2.04 bits per heavy atom. The smallest absolute Gasteiger partial charge is 0.142 e. The van der Waals surface area contributed by atoms with E-state index in [1.165, 1.54) is 0 Å². The number of imidazole rings is 1. The number of hydrogen-bond donors (Lipinski definition) is 1. The predicted molar refractivity (Wildman–Crippen MR) is 115 cm³/mol. The molecule has 3 aromatic rings. The van der Waals surface area contributed by atoms with Crippen LogP contribution in [0.2, 0.25) is 5.02 Å². The molecule has 0 amide bonds. The van der Waals surface area contributed by atoms with Gasteiger partial charge in [-0.05, 0) is 43.0 Å². The zero-order valence-electron chi connectivity index (χ0n) is 17.1. The van der Waals surface area contributed by atoms with Crippen molar-refractivity contribution in [2.45, 2.75) is 46.8 Å². The maximum Gasteiger partial charge on any atom is 0.142 e. The lowest BCUT2D eigenvalue weighted by molar-refractivity contribution is -0.0632. The highest BCUT2D eigenvalue weighted by atomic mass is 35.5. The van der Waals surface area contributed by atoms with Gasteiger partial charge in [-0.2, -0.15) is 0 Å². The summed E-state index contributed by atoms with van der Waals surface area (Å²) in [6.45, 7) is 11.0. The molecule has 0 aliphatic rings. The minimum atomic E-state index is -1.04. The number of aliphatic hydroxyl groups is 1. The van der Waals surface area contributed by atoms with Gasteiger partial charge in [-0.3, -0.25) is 4.98 Å². The fourth-order valence-electron chi connectivity index (χ4n) is 3.86. The first-order valence-corrected chi connectivity index (χ1v) is 10.2. The van der Waals surface area contributed by atoms with Crippen LogP contribution in [-0.4, -0.2) is 19.6 Å². The van der Waals surface area contributed by atoms with Gasteiger partial charge in [0.2, 0.25) is 0 Å². The Balaban J connectivity index is 2.36. The van der Waals surface area contributed by atoms with Crippen molar-refractivity contribution in [1.82, 2.24) is 14.5 Å². The number of hydrogen-bond acceptors (Lipinski definition) is 3. The van der Waals surface area contributed by atoms with Crippen LogP contribution in [0.1, 0.15) is 40.4 Å². The van der Waals surface area contributed by atoms with Crippen LogP contribution < -0.4 is 0 Å². The maximum absolute atomic E-state index is 11.7. The van der Waals surface area contributed by atoms with Crippen molar-refractivity contribution in [2.75, 3.05) is 0 Å². The number of pyridine rings is 1. The van der Waals surface area contributed by atoms with E-state index in [2.05, 4.69) is 16.5 Å². The van der Waals surface area contributed by atoms with E-state index in [1.54, 1.807) is 12.4 Å². The SMILES string of the molecule is CCn1c(C(O)(C(C)C)C(C)C)nc(-c2ccncc2)c1-c1ccc(Cl)cc1. The Morgan fingerprint density at radius 2 is 1.54 bits per heavy atom. The summed E-state index contributed by atoms with van der Waals surface area (Å²) in [5.41, 5.74) is 2.79. The van der Waals surface area contributed by atoms with Crippen LogP contribution in [0.25, 0.3) is 22.5 Å². The molecule has 1 N–H and O–H groups in total. The summed E-state index contributed by atoms with van der Waals surface area (Å²) in [5.74, 6) is 0.740. The Morgan fingerprint density at radius 1 is 0.964 bits per heavy atom. The average Bonchev–Trinajstić information content (AvgIpc) is 3.08. The summed E-state index contributed by atoms with van der Waals surface area (Å²) < 4.78 is 2.14. The molecule has 148 valence electrons. The highest BCUT2D eigenvalue weighted by Crippen LogP contribution is 2.41. The maximum atomic E-state index is 11.7. The Kier molecular flexibility index (Phi) is 5.92. The molecular formula is C23H28ClN3O. The van der Waals surface area contributed by atoms with Gasteiger partial charge >= 0.3 is 0 Å². The lowest BCUT2D eigenvalue weighted by Crippen LogP contribution is -2.40. The van der Waals surface area contributed by atoms with Crippen LogP contribution in [0, 0.1) is 11.8 Å². The molecule has 0 atom stereocenters. The minimum absolute atomic E-state index is 0.0172. The monoisotopic (exact) mass is 397 g/mol. The van der Waals surface area contributed by atoms with Crippen molar-refractivity contribution < 1.29 is 5.11 Å². The van der Waals surface area contributed by atoms with Gasteiger partial charge in [0.1, 0.15) is 11.4 Å². The molecule has 4 nitrogen and oxygen atoms in total. The largest absolute Gasteiger partial charge is 0.381 e. The third-order valence-electron chi connectivity index (χ3n) is 5.47. The van der Waals surface area contributed by atoms with Gasteiger partial charge < -0.3 is 9.67 Å². The van der Waals surface area contributed by atoms with Crippen LogP contribution in [-0.2, 0) is 12.1 Å². The number of nitrogens with zero attached hydrogens (tertiary/aromatic N) is 3. The van der Waals surface area contributed by atoms with E-state index in [0.29, 0.717) is 17.4 Å². The lowest BCUT2D eigenvalue weighted by Gasteiger charge is -2.36. The van der Waals surface area contributed by atoms with Crippen molar-refractivity contribution in [2.24, 2.45) is 11.8 Å². The van der Waals surface area contributed by atoms with E-state index in [0.717, 1.165) is 22.5 Å². The molecule has 28 heavy (non-hydrogen) atoms. The van der Waals surface area contributed by atoms with Gasteiger partial charge in [0.05, 0.1) is 11.4 Å². The molecule has 3 rings (SSSR count). The minimum Gasteiger partial charge on any atom is -0.381 e. The highest BCUT2D eigenvalue weighted by Gasteiger charge is 2.42. The van der Waals surface area contributed by atoms with Crippen molar-refractivity contribution >= 4 is 11.6 Å². The van der Waals surface area contributed by atoms with Crippen molar-refractivity contribution in [3.05, 3.63) is 59.6 Å². The van der Waals surface area contributed by atoms with E-state index >= 15 is 0 Å². The fourth-order valence-corrected chi connectivity index (χ4v) is 3.99. The molecule has 2 aromatic heterocycles. The summed E-state index contributed by atoms with van der Waals surface area (Å²) in [4.78, 5) is 9.15. The van der Waals surface area contributed by atoms with Gasteiger partial charge in [0.15, 0.2) is 0 Å². The Hall–Kier alpha value is -2.17. The molecule has 0 saturated heterocycles. The number of aromatic nitrogens is 3. The van der Waals surface area contributed by atoms with Crippen LogP contribution in [0.4, 0.5) is 0 Å². The third-order valence-corrected chi connectivity index (χ3v) is 5.73. The van der Waals surface area contributed by atoms with Crippen molar-refractivity contribution in [1.29, 1.82) is 0 Å². The molecular weight excluding hydrogens is 370 g/mol. The number of benzene rings is 1. The molecule has 5 heteroatoms.